The lowest BCUT2D eigenvalue weighted by atomic mass is 10.1. The van der Waals surface area contributed by atoms with Crippen LogP contribution in [-0.2, 0) is 0 Å². The molecule has 0 aliphatic rings. The SMILES string of the molecule is CC(=NC(CO)c1ccccc1)C(F)F. The number of hydrogen-bond acceptors (Lipinski definition) is 2. The summed E-state index contributed by atoms with van der Waals surface area (Å²) in [6.45, 7) is 0.990. The highest BCUT2D eigenvalue weighted by Crippen LogP contribution is 2.17. The van der Waals surface area contributed by atoms with Crippen LogP contribution in [0.3, 0.4) is 0 Å². The molecule has 1 atom stereocenters. The summed E-state index contributed by atoms with van der Waals surface area (Å²) >= 11 is 0. The van der Waals surface area contributed by atoms with Crippen LogP contribution in [-0.4, -0.2) is 23.9 Å². The molecule has 0 saturated heterocycles. The molecule has 0 bridgehead atoms. The maximum absolute atomic E-state index is 12.2. The van der Waals surface area contributed by atoms with Gasteiger partial charge in [-0.2, -0.15) is 0 Å². The minimum Gasteiger partial charge on any atom is -0.394 e. The Hall–Kier alpha value is -1.29. The van der Waals surface area contributed by atoms with Gasteiger partial charge in [-0.25, -0.2) is 8.78 Å². The van der Waals surface area contributed by atoms with Gasteiger partial charge in [0.15, 0.2) is 0 Å². The lowest BCUT2D eigenvalue weighted by Gasteiger charge is -2.11. The van der Waals surface area contributed by atoms with Gasteiger partial charge in [-0.05, 0) is 12.5 Å². The van der Waals surface area contributed by atoms with Gasteiger partial charge in [0.1, 0.15) is 0 Å². The number of rotatable bonds is 4. The van der Waals surface area contributed by atoms with Crippen molar-refractivity contribution in [1.82, 2.24) is 0 Å². The van der Waals surface area contributed by atoms with E-state index >= 15 is 0 Å². The first-order chi connectivity index (χ1) is 7.15. The zero-order chi connectivity index (χ0) is 11.3. The van der Waals surface area contributed by atoms with E-state index in [0.29, 0.717) is 0 Å². The summed E-state index contributed by atoms with van der Waals surface area (Å²) in [4.78, 5) is 3.78. The molecule has 0 amide bonds. The smallest absolute Gasteiger partial charge is 0.275 e. The van der Waals surface area contributed by atoms with Gasteiger partial charge in [0.2, 0.25) is 0 Å². The van der Waals surface area contributed by atoms with Gasteiger partial charge in [-0.1, -0.05) is 30.3 Å². The number of aliphatic hydroxyl groups excluding tert-OH is 1. The van der Waals surface area contributed by atoms with Crippen molar-refractivity contribution in [3.63, 3.8) is 0 Å². The monoisotopic (exact) mass is 213 g/mol. The lowest BCUT2D eigenvalue weighted by molar-refractivity contribution is 0.221. The van der Waals surface area contributed by atoms with E-state index in [0.717, 1.165) is 5.56 Å². The second-order valence-electron chi connectivity index (χ2n) is 3.18. The molecule has 0 spiro atoms. The van der Waals surface area contributed by atoms with Gasteiger partial charge in [0, 0.05) is 0 Å². The second kappa shape index (κ2) is 5.56. The van der Waals surface area contributed by atoms with E-state index in [9.17, 15) is 8.78 Å². The zero-order valence-electron chi connectivity index (χ0n) is 8.40. The molecule has 0 aliphatic heterocycles. The normalized spacial score (nSPS) is 14.3. The first-order valence-electron chi connectivity index (χ1n) is 4.63. The van der Waals surface area contributed by atoms with Crippen LogP contribution in [0.25, 0.3) is 0 Å². The van der Waals surface area contributed by atoms with Crippen LogP contribution in [0.4, 0.5) is 8.78 Å². The van der Waals surface area contributed by atoms with E-state index in [1.807, 2.05) is 6.07 Å². The van der Waals surface area contributed by atoms with Crippen LogP contribution >= 0.6 is 0 Å². The largest absolute Gasteiger partial charge is 0.394 e. The number of aliphatic hydroxyl groups is 1. The Kier molecular flexibility index (Phi) is 4.37. The fourth-order valence-electron chi connectivity index (χ4n) is 1.20. The van der Waals surface area contributed by atoms with Gasteiger partial charge in [-0.15, -0.1) is 0 Å². The highest BCUT2D eigenvalue weighted by atomic mass is 19.3. The molecule has 0 fully saturated rings. The number of alkyl halides is 2. The van der Waals surface area contributed by atoms with E-state index in [1.165, 1.54) is 6.92 Å². The maximum Gasteiger partial charge on any atom is 0.275 e. The maximum atomic E-state index is 12.2. The van der Waals surface area contributed by atoms with Crippen LogP contribution in [0.2, 0.25) is 0 Å². The molecule has 82 valence electrons. The van der Waals surface area contributed by atoms with E-state index in [1.54, 1.807) is 24.3 Å². The van der Waals surface area contributed by atoms with Crippen molar-refractivity contribution in [2.24, 2.45) is 4.99 Å². The van der Waals surface area contributed by atoms with E-state index < -0.39 is 12.5 Å². The van der Waals surface area contributed by atoms with Crippen LogP contribution in [0.15, 0.2) is 35.3 Å². The zero-order valence-corrected chi connectivity index (χ0v) is 8.40. The molecular weight excluding hydrogens is 200 g/mol. The van der Waals surface area contributed by atoms with Gasteiger partial charge in [0.25, 0.3) is 6.43 Å². The molecule has 1 unspecified atom stereocenters. The summed E-state index contributed by atoms with van der Waals surface area (Å²) in [5, 5.41) is 9.06. The minimum atomic E-state index is -2.57. The molecule has 4 heteroatoms. The van der Waals surface area contributed by atoms with Gasteiger partial charge < -0.3 is 5.11 Å². The van der Waals surface area contributed by atoms with E-state index in [-0.39, 0.29) is 12.3 Å². The molecule has 0 heterocycles. The topological polar surface area (TPSA) is 32.6 Å². The molecule has 1 aromatic carbocycles. The van der Waals surface area contributed by atoms with Crippen molar-refractivity contribution >= 4 is 5.71 Å². The van der Waals surface area contributed by atoms with E-state index in [4.69, 9.17) is 5.11 Å². The quantitative estimate of drug-likeness (QED) is 0.765. The third kappa shape index (κ3) is 3.40. The Labute approximate surface area is 87.3 Å². The van der Waals surface area contributed by atoms with Crippen molar-refractivity contribution in [3.8, 4) is 0 Å². The Morgan fingerprint density at radius 1 is 1.33 bits per heavy atom. The van der Waals surface area contributed by atoms with Crippen LogP contribution in [0, 0.1) is 0 Å². The standard InChI is InChI=1S/C11H13F2NO/c1-8(11(12)13)14-10(7-15)9-5-3-2-4-6-9/h2-6,10-11,15H,7H2,1H3. The average molecular weight is 213 g/mol. The van der Waals surface area contributed by atoms with E-state index in [2.05, 4.69) is 4.99 Å². The number of halogens is 2. The summed E-state index contributed by atoms with van der Waals surface area (Å²) in [6.07, 6.45) is -2.57. The molecule has 1 aromatic rings. The Bertz CT molecular complexity index is 325. The van der Waals surface area contributed by atoms with Crippen molar-refractivity contribution in [2.75, 3.05) is 6.61 Å². The average Bonchev–Trinajstić information content (AvgIpc) is 2.26. The molecule has 1 rings (SSSR count). The van der Waals surface area contributed by atoms with Gasteiger partial charge in [0.05, 0.1) is 18.4 Å². The van der Waals surface area contributed by atoms with Gasteiger partial charge >= 0.3 is 0 Å². The molecule has 0 aliphatic carbocycles. The van der Waals surface area contributed by atoms with Crippen LogP contribution in [0.1, 0.15) is 18.5 Å². The summed E-state index contributed by atoms with van der Waals surface area (Å²) in [5.74, 6) is 0. The second-order valence-corrected chi connectivity index (χ2v) is 3.18. The predicted molar refractivity (Wildman–Crippen MR) is 55.4 cm³/mol. The van der Waals surface area contributed by atoms with Crippen LogP contribution < -0.4 is 0 Å². The molecule has 0 aromatic heterocycles. The van der Waals surface area contributed by atoms with Crippen LogP contribution in [0.5, 0.6) is 0 Å². The fraction of sp³-hybridized carbons (Fsp3) is 0.364. The molecule has 1 N–H and O–H groups in total. The molecular formula is C11H13F2NO. The first-order valence-corrected chi connectivity index (χ1v) is 4.63. The third-order valence-electron chi connectivity index (χ3n) is 2.03. The highest BCUT2D eigenvalue weighted by molar-refractivity contribution is 5.85. The highest BCUT2D eigenvalue weighted by Gasteiger charge is 2.12. The molecule has 15 heavy (non-hydrogen) atoms. The minimum absolute atomic E-state index is 0.252. The predicted octanol–water partition coefficient (Wildman–Crippen LogP) is 2.45. The Morgan fingerprint density at radius 2 is 1.93 bits per heavy atom. The summed E-state index contributed by atoms with van der Waals surface area (Å²) in [7, 11) is 0. The molecule has 2 nitrogen and oxygen atoms in total. The van der Waals surface area contributed by atoms with Crippen molar-refractivity contribution in [2.45, 2.75) is 19.4 Å². The van der Waals surface area contributed by atoms with Crippen molar-refractivity contribution in [1.29, 1.82) is 0 Å². The first kappa shape index (κ1) is 11.8. The van der Waals surface area contributed by atoms with Crippen molar-refractivity contribution < 1.29 is 13.9 Å². The number of nitrogens with zero attached hydrogens (tertiary/aromatic N) is 1. The Morgan fingerprint density at radius 3 is 2.40 bits per heavy atom. The van der Waals surface area contributed by atoms with Crippen molar-refractivity contribution in [3.05, 3.63) is 35.9 Å². The summed E-state index contributed by atoms with van der Waals surface area (Å²) in [5.41, 5.74) is 0.484. The number of benzene rings is 1. The lowest BCUT2D eigenvalue weighted by Crippen LogP contribution is -2.10. The fourth-order valence-corrected chi connectivity index (χ4v) is 1.20. The number of aliphatic imine (C=N–C) groups is 1. The number of hydrogen-bond donors (Lipinski definition) is 1. The summed E-state index contributed by atoms with van der Waals surface area (Å²) < 4.78 is 24.5. The summed E-state index contributed by atoms with van der Waals surface area (Å²) in [6, 6.07) is 8.30. The third-order valence-corrected chi connectivity index (χ3v) is 2.03. The van der Waals surface area contributed by atoms with Gasteiger partial charge in [-0.3, -0.25) is 4.99 Å². The Balaban J connectivity index is 2.86. The molecule has 0 radical (unpaired) electrons. The molecule has 0 saturated carbocycles.